The average molecular weight is 386 g/mol. The van der Waals surface area contributed by atoms with Crippen molar-refractivity contribution >= 4 is 39.4 Å². The van der Waals surface area contributed by atoms with Gasteiger partial charge in [-0.2, -0.15) is 0 Å². The van der Waals surface area contributed by atoms with Gasteiger partial charge in [0.05, 0.1) is 28.7 Å². The molecule has 142 valence electrons. The van der Waals surface area contributed by atoms with Gasteiger partial charge in [0.1, 0.15) is 0 Å². The Balaban J connectivity index is 1.27. The maximum Gasteiger partial charge on any atom is 0.321 e. The molecule has 4 amide bonds. The van der Waals surface area contributed by atoms with E-state index in [0.29, 0.717) is 31.8 Å². The summed E-state index contributed by atoms with van der Waals surface area (Å²) in [6.07, 6.45) is 3.18. The van der Waals surface area contributed by atoms with Gasteiger partial charge >= 0.3 is 6.03 Å². The van der Waals surface area contributed by atoms with Crippen LogP contribution < -0.4 is 10.6 Å². The van der Waals surface area contributed by atoms with E-state index in [-0.39, 0.29) is 18.2 Å². The molecule has 0 radical (unpaired) electrons. The largest absolute Gasteiger partial charge is 0.340 e. The molecule has 1 atom stereocenters. The molecule has 8 heteroatoms. The quantitative estimate of drug-likeness (QED) is 0.845. The van der Waals surface area contributed by atoms with Gasteiger partial charge in [-0.1, -0.05) is 0 Å². The summed E-state index contributed by atoms with van der Waals surface area (Å²) < 4.78 is 3.57. The fourth-order valence-corrected chi connectivity index (χ4v) is 5.46. The monoisotopic (exact) mass is 386 g/mol. The molecule has 7 nitrogen and oxygen atoms in total. The van der Waals surface area contributed by atoms with Gasteiger partial charge in [-0.05, 0) is 42.7 Å². The Morgan fingerprint density at radius 1 is 1.30 bits per heavy atom. The Hall–Kier alpha value is -2.35. The third-order valence-electron chi connectivity index (χ3n) is 6.14. The van der Waals surface area contributed by atoms with Crippen molar-refractivity contribution in [1.82, 2.24) is 20.1 Å². The molecule has 2 fully saturated rings. The van der Waals surface area contributed by atoms with Gasteiger partial charge in [0.15, 0.2) is 0 Å². The number of amides is 4. The van der Waals surface area contributed by atoms with Crippen molar-refractivity contribution in [3.05, 3.63) is 23.2 Å². The maximum atomic E-state index is 12.9. The number of nitrogens with zero attached hydrogens (tertiary/aromatic N) is 2. The van der Waals surface area contributed by atoms with Gasteiger partial charge in [-0.15, -0.1) is 11.3 Å². The highest BCUT2D eigenvalue weighted by atomic mass is 32.1. The predicted octanol–water partition coefficient (Wildman–Crippen LogP) is 2.20. The Morgan fingerprint density at radius 2 is 2.15 bits per heavy atom. The van der Waals surface area contributed by atoms with E-state index in [1.807, 2.05) is 4.90 Å². The van der Waals surface area contributed by atoms with E-state index in [0.717, 1.165) is 19.4 Å². The molecule has 2 aromatic rings. The number of aromatic nitrogens is 1. The highest BCUT2D eigenvalue weighted by molar-refractivity contribution is 7.17. The zero-order chi connectivity index (χ0) is 18.6. The van der Waals surface area contributed by atoms with Crippen molar-refractivity contribution in [2.24, 2.45) is 5.92 Å². The number of nitrogens with one attached hydrogen (secondary N) is 2. The van der Waals surface area contributed by atoms with Gasteiger partial charge in [0, 0.05) is 25.2 Å². The molecule has 2 aromatic heterocycles. The summed E-state index contributed by atoms with van der Waals surface area (Å²) in [5.74, 6) is 0.172. The van der Waals surface area contributed by atoms with Crippen LogP contribution in [0.25, 0.3) is 10.2 Å². The van der Waals surface area contributed by atoms with Gasteiger partial charge in [-0.25, -0.2) is 4.79 Å². The molecular weight excluding hydrogens is 364 g/mol. The van der Waals surface area contributed by atoms with Crippen LogP contribution in [-0.2, 0) is 22.7 Å². The molecular formula is C19H22N4O3S. The highest BCUT2D eigenvalue weighted by Crippen LogP contribution is 2.45. The first-order valence-electron chi connectivity index (χ1n) is 9.49. The summed E-state index contributed by atoms with van der Waals surface area (Å²) in [4.78, 5) is 38.5. The Morgan fingerprint density at radius 3 is 2.93 bits per heavy atom. The Labute approximate surface area is 160 Å². The zero-order valence-electron chi connectivity index (χ0n) is 15.0. The average Bonchev–Trinajstić information content (AvgIpc) is 3.30. The molecule has 0 spiro atoms. The smallest absolute Gasteiger partial charge is 0.321 e. The second-order valence-electron chi connectivity index (χ2n) is 7.88. The first-order chi connectivity index (χ1) is 13.0. The minimum absolute atomic E-state index is 0.103. The summed E-state index contributed by atoms with van der Waals surface area (Å²) in [6, 6.07) is 3.88. The van der Waals surface area contributed by atoms with Crippen molar-refractivity contribution in [3.8, 4) is 0 Å². The van der Waals surface area contributed by atoms with Crippen LogP contribution in [-0.4, -0.2) is 39.4 Å². The number of hydrogen-bond acceptors (Lipinski definition) is 4. The lowest BCUT2D eigenvalue weighted by Crippen LogP contribution is -2.62. The summed E-state index contributed by atoms with van der Waals surface area (Å²) in [7, 11) is 0. The van der Waals surface area contributed by atoms with Crippen molar-refractivity contribution < 1.29 is 14.4 Å². The molecule has 4 heterocycles. The molecule has 2 N–H and O–H groups in total. The summed E-state index contributed by atoms with van der Waals surface area (Å²) in [5, 5.41) is 7.37. The molecule has 27 heavy (non-hydrogen) atoms. The van der Waals surface area contributed by atoms with E-state index < -0.39 is 11.6 Å². The molecule has 5 rings (SSSR count). The third kappa shape index (κ3) is 2.92. The zero-order valence-corrected chi connectivity index (χ0v) is 15.8. The van der Waals surface area contributed by atoms with Crippen LogP contribution in [0.3, 0.4) is 0 Å². The third-order valence-corrected chi connectivity index (χ3v) is 7.00. The normalized spacial score (nSPS) is 25.3. The van der Waals surface area contributed by atoms with E-state index in [4.69, 9.17) is 0 Å². The van der Waals surface area contributed by atoms with Crippen molar-refractivity contribution in [3.63, 3.8) is 0 Å². The molecule has 0 bridgehead atoms. The van der Waals surface area contributed by atoms with E-state index in [1.165, 1.54) is 15.9 Å². The topological polar surface area (TPSA) is 83.4 Å². The highest BCUT2D eigenvalue weighted by Gasteiger charge is 2.50. The van der Waals surface area contributed by atoms with E-state index in [1.54, 1.807) is 11.3 Å². The van der Waals surface area contributed by atoms with Gasteiger partial charge < -0.3 is 14.8 Å². The van der Waals surface area contributed by atoms with Crippen molar-refractivity contribution in [2.75, 3.05) is 6.54 Å². The van der Waals surface area contributed by atoms with E-state index in [9.17, 15) is 14.4 Å². The maximum absolute atomic E-state index is 12.9. The summed E-state index contributed by atoms with van der Waals surface area (Å²) in [6.45, 7) is 2.15. The number of fused-ring (bicyclic) bond motifs is 3. The van der Waals surface area contributed by atoms with Gasteiger partial charge in [0.2, 0.25) is 11.8 Å². The first-order valence-corrected chi connectivity index (χ1v) is 10.4. The van der Waals surface area contributed by atoms with E-state index >= 15 is 0 Å². The van der Waals surface area contributed by atoms with Crippen LogP contribution in [0.15, 0.2) is 17.5 Å². The molecule has 0 aromatic carbocycles. The number of carbonyl (C=O) groups excluding carboxylic acids is 3. The number of hydrogen-bond donors (Lipinski definition) is 2. The SMILES string of the molecule is O=C1C[C@](CCC(=O)N2CCn3c(cc4sccc43)C2)(C2CC2)NC(=O)N1. The predicted molar refractivity (Wildman–Crippen MR) is 101 cm³/mol. The number of rotatable bonds is 4. The fraction of sp³-hybridized carbons (Fsp3) is 0.526. The fourth-order valence-electron chi connectivity index (χ4n) is 4.62. The van der Waals surface area contributed by atoms with Crippen molar-refractivity contribution in [1.29, 1.82) is 0 Å². The van der Waals surface area contributed by atoms with Gasteiger partial charge in [0.25, 0.3) is 0 Å². The van der Waals surface area contributed by atoms with Crippen LogP contribution in [0, 0.1) is 5.92 Å². The van der Waals surface area contributed by atoms with Crippen LogP contribution in [0.5, 0.6) is 0 Å². The number of thiophene rings is 1. The van der Waals surface area contributed by atoms with Crippen LogP contribution >= 0.6 is 11.3 Å². The lowest BCUT2D eigenvalue weighted by molar-refractivity contribution is -0.133. The molecule has 1 aliphatic carbocycles. The van der Waals surface area contributed by atoms with Crippen molar-refractivity contribution in [2.45, 2.75) is 50.7 Å². The second kappa shape index (κ2) is 6.09. The molecule has 1 saturated carbocycles. The Kier molecular flexibility index (Phi) is 3.79. The number of imide groups is 1. The molecule has 1 saturated heterocycles. The van der Waals surface area contributed by atoms with E-state index in [2.05, 4.69) is 32.7 Å². The summed E-state index contributed by atoms with van der Waals surface area (Å²) >= 11 is 1.73. The first kappa shape index (κ1) is 16.8. The Bertz CT molecular complexity index is 926. The van der Waals surface area contributed by atoms with Gasteiger partial charge in [-0.3, -0.25) is 14.9 Å². The molecule has 0 unspecified atom stereocenters. The lowest BCUT2D eigenvalue weighted by atomic mass is 9.83. The second-order valence-corrected chi connectivity index (χ2v) is 8.83. The van der Waals surface area contributed by atoms with Crippen LogP contribution in [0.2, 0.25) is 0 Å². The van der Waals surface area contributed by atoms with Crippen LogP contribution in [0.4, 0.5) is 4.79 Å². The van der Waals surface area contributed by atoms with Crippen LogP contribution in [0.1, 0.15) is 37.8 Å². The number of carbonyl (C=O) groups is 3. The lowest BCUT2D eigenvalue weighted by Gasteiger charge is -2.38. The summed E-state index contributed by atoms with van der Waals surface area (Å²) in [5.41, 5.74) is 1.89. The molecule has 2 aliphatic heterocycles. The number of urea groups is 1. The minimum Gasteiger partial charge on any atom is -0.340 e. The standard InChI is InChI=1S/C19H22N4O3S/c24-16-10-19(12-1-2-12,21-18(26)20-16)5-3-17(25)22-6-7-23-13(11-22)9-15-14(23)4-8-27-15/h4,8-9,12H,1-3,5-7,10-11H2,(H2,20,21,24,26)/t19-/m1/s1. The minimum atomic E-state index is -0.548. The molecule has 3 aliphatic rings.